The monoisotopic (exact) mass is 283 g/mol. The van der Waals surface area contributed by atoms with E-state index in [9.17, 15) is 4.79 Å². The standard InChI is InChI=1S/C17H17NO3/c1-20-14-9-7-13(8-10-14)18-17(19)16-11-6-12-4-2-3-5-15(12)21-16/h2-5,7-10,16H,6,11H2,1H3,(H,18,19). The SMILES string of the molecule is COc1ccc(NC(=O)C2CCc3ccccc3O2)cc1. The summed E-state index contributed by atoms with van der Waals surface area (Å²) in [6, 6.07) is 15.1. The van der Waals surface area contributed by atoms with Crippen LogP contribution in [0, 0.1) is 0 Å². The number of amides is 1. The number of nitrogens with one attached hydrogen (secondary N) is 1. The number of benzene rings is 2. The molecule has 4 nitrogen and oxygen atoms in total. The third-order valence-electron chi connectivity index (χ3n) is 3.57. The van der Waals surface area contributed by atoms with Crippen LogP contribution in [-0.4, -0.2) is 19.1 Å². The van der Waals surface area contributed by atoms with Gasteiger partial charge in [-0.1, -0.05) is 18.2 Å². The first-order chi connectivity index (χ1) is 10.3. The van der Waals surface area contributed by atoms with Crippen molar-refractivity contribution in [2.75, 3.05) is 12.4 Å². The van der Waals surface area contributed by atoms with Crippen LogP contribution < -0.4 is 14.8 Å². The Bertz CT molecular complexity index is 637. The number of carbonyl (C=O) groups excluding carboxylic acids is 1. The predicted octanol–water partition coefficient (Wildman–Crippen LogP) is 3.03. The second-order valence-electron chi connectivity index (χ2n) is 4.97. The van der Waals surface area contributed by atoms with E-state index >= 15 is 0 Å². The predicted molar refractivity (Wildman–Crippen MR) is 80.8 cm³/mol. The minimum atomic E-state index is -0.443. The Morgan fingerprint density at radius 2 is 1.95 bits per heavy atom. The lowest BCUT2D eigenvalue weighted by Gasteiger charge is -2.25. The smallest absolute Gasteiger partial charge is 0.265 e. The van der Waals surface area contributed by atoms with Crippen LogP contribution in [-0.2, 0) is 11.2 Å². The van der Waals surface area contributed by atoms with Crippen LogP contribution in [0.3, 0.4) is 0 Å². The van der Waals surface area contributed by atoms with Gasteiger partial charge in [-0.25, -0.2) is 0 Å². The molecule has 21 heavy (non-hydrogen) atoms. The Morgan fingerprint density at radius 1 is 1.19 bits per heavy atom. The van der Waals surface area contributed by atoms with Crippen LogP contribution >= 0.6 is 0 Å². The number of carbonyl (C=O) groups is 1. The van der Waals surface area contributed by atoms with Gasteiger partial charge in [-0.05, 0) is 48.7 Å². The van der Waals surface area contributed by atoms with Crippen molar-refractivity contribution < 1.29 is 14.3 Å². The number of para-hydroxylation sites is 1. The molecule has 1 heterocycles. The van der Waals surface area contributed by atoms with E-state index in [1.54, 1.807) is 7.11 Å². The van der Waals surface area contributed by atoms with Crippen LogP contribution in [0.15, 0.2) is 48.5 Å². The van der Waals surface area contributed by atoms with Crippen LogP contribution in [0.4, 0.5) is 5.69 Å². The number of aryl methyl sites for hydroxylation is 1. The van der Waals surface area contributed by atoms with E-state index < -0.39 is 6.10 Å². The molecular formula is C17H17NO3. The summed E-state index contributed by atoms with van der Waals surface area (Å²) in [5.41, 5.74) is 1.90. The van der Waals surface area contributed by atoms with Gasteiger partial charge in [0.25, 0.3) is 5.91 Å². The van der Waals surface area contributed by atoms with Gasteiger partial charge < -0.3 is 14.8 Å². The van der Waals surface area contributed by atoms with Crippen molar-refractivity contribution >= 4 is 11.6 Å². The Kier molecular flexibility index (Phi) is 3.77. The Balaban J connectivity index is 1.66. The zero-order chi connectivity index (χ0) is 14.7. The molecule has 0 spiro atoms. The van der Waals surface area contributed by atoms with Gasteiger partial charge in [-0.2, -0.15) is 0 Å². The molecule has 1 amide bonds. The summed E-state index contributed by atoms with van der Waals surface area (Å²) in [4.78, 5) is 12.3. The number of methoxy groups -OCH3 is 1. The van der Waals surface area contributed by atoms with Gasteiger partial charge in [0.05, 0.1) is 7.11 Å². The number of fused-ring (bicyclic) bond motifs is 1. The average Bonchev–Trinajstić information content (AvgIpc) is 2.55. The van der Waals surface area contributed by atoms with E-state index in [-0.39, 0.29) is 5.91 Å². The molecule has 1 unspecified atom stereocenters. The van der Waals surface area contributed by atoms with Gasteiger partial charge in [-0.15, -0.1) is 0 Å². The van der Waals surface area contributed by atoms with Crippen molar-refractivity contribution in [1.29, 1.82) is 0 Å². The van der Waals surface area contributed by atoms with E-state index in [0.29, 0.717) is 6.42 Å². The van der Waals surface area contributed by atoms with Gasteiger partial charge in [0, 0.05) is 5.69 Å². The fourth-order valence-electron chi connectivity index (χ4n) is 2.41. The van der Waals surface area contributed by atoms with Crippen molar-refractivity contribution in [3.05, 3.63) is 54.1 Å². The quantitative estimate of drug-likeness (QED) is 0.942. The molecule has 0 radical (unpaired) electrons. The summed E-state index contributed by atoms with van der Waals surface area (Å²) in [6.45, 7) is 0. The molecule has 2 aromatic carbocycles. The second-order valence-corrected chi connectivity index (χ2v) is 4.97. The largest absolute Gasteiger partial charge is 0.497 e. The van der Waals surface area contributed by atoms with Crippen LogP contribution in [0.1, 0.15) is 12.0 Å². The molecule has 1 aliphatic heterocycles. The number of anilines is 1. The van der Waals surface area contributed by atoms with Crippen molar-refractivity contribution in [3.8, 4) is 11.5 Å². The molecule has 108 valence electrons. The summed E-state index contributed by atoms with van der Waals surface area (Å²) in [5.74, 6) is 1.45. The fourth-order valence-corrected chi connectivity index (χ4v) is 2.41. The second kappa shape index (κ2) is 5.87. The Labute approximate surface area is 123 Å². The minimum Gasteiger partial charge on any atom is -0.497 e. The molecule has 1 aliphatic rings. The highest BCUT2D eigenvalue weighted by Crippen LogP contribution is 2.27. The molecule has 4 heteroatoms. The lowest BCUT2D eigenvalue weighted by Crippen LogP contribution is -2.35. The topological polar surface area (TPSA) is 47.6 Å². The number of ether oxygens (including phenoxy) is 2. The van der Waals surface area contributed by atoms with E-state index in [4.69, 9.17) is 9.47 Å². The van der Waals surface area contributed by atoms with Gasteiger partial charge in [0.15, 0.2) is 6.10 Å². The first kappa shape index (κ1) is 13.5. The summed E-state index contributed by atoms with van der Waals surface area (Å²) in [5, 5.41) is 2.87. The third-order valence-corrected chi connectivity index (χ3v) is 3.57. The molecule has 0 aromatic heterocycles. The van der Waals surface area contributed by atoms with Crippen LogP contribution in [0.25, 0.3) is 0 Å². The van der Waals surface area contributed by atoms with Gasteiger partial charge in [0.2, 0.25) is 0 Å². The lowest BCUT2D eigenvalue weighted by molar-refractivity contribution is -0.123. The summed E-state index contributed by atoms with van der Waals surface area (Å²) in [7, 11) is 1.61. The normalized spacial score (nSPS) is 16.5. The molecule has 1 atom stereocenters. The molecule has 0 saturated carbocycles. The maximum absolute atomic E-state index is 12.3. The molecule has 0 fully saturated rings. The number of rotatable bonds is 3. The summed E-state index contributed by atoms with van der Waals surface area (Å²) < 4.78 is 10.9. The van der Waals surface area contributed by atoms with Crippen molar-refractivity contribution in [2.24, 2.45) is 0 Å². The van der Waals surface area contributed by atoms with Gasteiger partial charge >= 0.3 is 0 Å². The highest BCUT2D eigenvalue weighted by Gasteiger charge is 2.25. The van der Waals surface area contributed by atoms with Gasteiger partial charge in [-0.3, -0.25) is 4.79 Å². The average molecular weight is 283 g/mol. The number of hydrogen-bond acceptors (Lipinski definition) is 3. The van der Waals surface area contributed by atoms with E-state index in [0.717, 1.165) is 29.2 Å². The maximum atomic E-state index is 12.3. The maximum Gasteiger partial charge on any atom is 0.265 e. The fraction of sp³-hybridized carbons (Fsp3) is 0.235. The zero-order valence-corrected chi connectivity index (χ0v) is 11.8. The van der Waals surface area contributed by atoms with E-state index in [1.807, 2.05) is 48.5 Å². The van der Waals surface area contributed by atoms with Crippen LogP contribution in [0.5, 0.6) is 11.5 Å². The van der Waals surface area contributed by atoms with Gasteiger partial charge in [0.1, 0.15) is 11.5 Å². The summed E-state index contributed by atoms with van der Waals surface area (Å²) in [6.07, 6.45) is 1.11. The van der Waals surface area contributed by atoms with Crippen molar-refractivity contribution in [2.45, 2.75) is 18.9 Å². The third kappa shape index (κ3) is 2.99. The highest BCUT2D eigenvalue weighted by molar-refractivity contribution is 5.94. The first-order valence-electron chi connectivity index (χ1n) is 6.96. The van der Waals surface area contributed by atoms with Crippen molar-refractivity contribution in [1.82, 2.24) is 0 Å². The summed E-state index contributed by atoms with van der Waals surface area (Å²) >= 11 is 0. The molecular weight excluding hydrogens is 266 g/mol. The first-order valence-corrected chi connectivity index (χ1v) is 6.96. The Hall–Kier alpha value is -2.49. The minimum absolute atomic E-state index is 0.116. The molecule has 1 N–H and O–H groups in total. The zero-order valence-electron chi connectivity index (χ0n) is 11.8. The highest BCUT2D eigenvalue weighted by atomic mass is 16.5. The molecule has 0 aliphatic carbocycles. The molecule has 3 rings (SSSR count). The van der Waals surface area contributed by atoms with Crippen molar-refractivity contribution in [3.63, 3.8) is 0 Å². The number of hydrogen-bond donors (Lipinski definition) is 1. The van der Waals surface area contributed by atoms with E-state index in [2.05, 4.69) is 5.32 Å². The Morgan fingerprint density at radius 3 is 2.71 bits per heavy atom. The van der Waals surface area contributed by atoms with Crippen LogP contribution in [0.2, 0.25) is 0 Å². The lowest BCUT2D eigenvalue weighted by atomic mass is 10.0. The molecule has 0 saturated heterocycles. The molecule has 0 bridgehead atoms. The molecule has 2 aromatic rings. The van der Waals surface area contributed by atoms with E-state index in [1.165, 1.54) is 0 Å².